The maximum atomic E-state index is 5.59. The van der Waals surface area contributed by atoms with Crippen molar-refractivity contribution in [1.29, 1.82) is 0 Å². The number of aromatic nitrogens is 2. The van der Waals surface area contributed by atoms with Gasteiger partial charge in [-0.25, -0.2) is 4.98 Å². The maximum Gasteiger partial charge on any atom is 0.229 e. The van der Waals surface area contributed by atoms with E-state index in [1.54, 1.807) is 12.3 Å². The van der Waals surface area contributed by atoms with Crippen molar-refractivity contribution in [3.8, 4) is 0 Å². The highest BCUT2D eigenvalue weighted by molar-refractivity contribution is 5.61. The molecule has 1 aromatic heterocycles. The molecule has 0 saturated heterocycles. The lowest BCUT2D eigenvalue weighted by molar-refractivity contribution is 1.13. The first-order valence-corrected chi connectivity index (χ1v) is 5.28. The number of anilines is 4. The number of hydrogen-bond acceptors (Lipinski definition) is 5. The summed E-state index contributed by atoms with van der Waals surface area (Å²) >= 11 is 0. The number of rotatable bonds is 3. The molecule has 0 aliphatic heterocycles. The molecule has 1 heterocycles. The summed E-state index contributed by atoms with van der Waals surface area (Å²) in [6.07, 6.45) is 1.63. The third-order valence-electron chi connectivity index (χ3n) is 2.30. The van der Waals surface area contributed by atoms with E-state index >= 15 is 0 Å². The molecule has 5 nitrogen and oxygen atoms in total. The molecule has 0 saturated carbocycles. The Morgan fingerprint density at radius 1 is 1.24 bits per heavy atom. The fraction of sp³-hybridized carbons (Fsp3) is 0.167. The molecule has 0 unspecified atom stereocenters. The van der Waals surface area contributed by atoms with Gasteiger partial charge in [-0.1, -0.05) is 6.07 Å². The van der Waals surface area contributed by atoms with Crippen LogP contribution in [0, 0.1) is 0 Å². The number of nitrogens with zero attached hydrogens (tertiary/aromatic N) is 3. The van der Waals surface area contributed by atoms with Crippen molar-refractivity contribution < 1.29 is 0 Å². The van der Waals surface area contributed by atoms with E-state index in [9.17, 15) is 0 Å². The molecule has 2 aromatic rings. The van der Waals surface area contributed by atoms with Crippen LogP contribution in [-0.2, 0) is 0 Å². The van der Waals surface area contributed by atoms with E-state index in [0.29, 0.717) is 11.8 Å². The van der Waals surface area contributed by atoms with Crippen molar-refractivity contribution in [2.24, 2.45) is 0 Å². The molecular weight excluding hydrogens is 214 g/mol. The summed E-state index contributed by atoms with van der Waals surface area (Å²) in [5.41, 5.74) is 7.63. The zero-order chi connectivity index (χ0) is 12.3. The molecule has 17 heavy (non-hydrogen) atoms. The second-order valence-corrected chi connectivity index (χ2v) is 3.87. The standard InChI is InChI=1S/C12H15N5/c1-17(2)10-5-3-4-9(8-10)15-12-14-7-6-11(13)16-12/h3-8H,1-2H3,(H3,13,14,15,16). The van der Waals surface area contributed by atoms with E-state index in [2.05, 4.69) is 15.3 Å². The second kappa shape index (κ2) is 4.69. The van der Waals surface area contributed by atoms with Crippen LogP contribution >= 0.6 is 0 Å². The number of nitrogens with one attached hydrogen (secondary N) is 1. The Bertz CT molecular complexity index is 510. The van der Waals surface area contributed by atoms with Crippen molar-refractivity contribution in [2.75, 3.05) is 30.0 Å². The summed E-state index contributed by atoms with van der Waals surface area (Å²) in [6.45, 7) is 0. The Morgan fingerprint density at radius 2 is 2.06 bits per heavy atom. The summed E-state index contributed by atoms with van der Waals surface area (Å²) in [7, 11) is 3.99. The molecule has 1 aromatic carbocycles. The number of hydrogen-bond donors (Lipinski definition) is 2. The van der Waals surface area contributed by atoms with Crippen molar-refractivity contribution in [2.45, 2.75) is 0 Å². The van der Waals surface area contributed by atoms with Crippen LogP contribution in [0.5, 0.6) is 0 Å². The van der Waals surface area contributed by atoms with Gasteiger partial charge in [0.25, 0.3) is 0 Å². The molecule has 0 bridgehead atoms. The monoisotopic (exact) mass is 229 g/mol. The molecule has 0 atom stereocenters. The Hall–Kier alpha value is -2.30. The van der Waals surface area contributed by atoms with Crippen LogP contribution in [0.25, 0.3) is 0 Å². The van der Waals surface area contributed by atoms with Crippen LogP contribution in [0.3, 0.4) is 0 Å². The minimum absolute atomic E-state index is 0.450. The largest absolute Gasteiger partial charge is 0.384 e. The van der Waals surface area contributed by atoms with Gasteiger partial charge in [-0.15, -0.1) is 0 Å². The van der Waals surface area contributed by atoms with Crippen LogP contribution in [0.15, 0.2) is 36.5 Å². The van der Waals surface area contributed by atoms with Gasteiger partial charge in [0.1, 0.15) is 5.82 Å². The predicted molar refractivity (Wildman–Crippen MR) is 70.5 cm³/mol. The summed E-state index contributed by atoms with van der Waals surface area (Å²) in [6, 6.07) is 9.64. The molecule has 0 aliphatic rings. The van der Waals surface area contributed by atoms with Crippen molar-refractivity contribution in [3.63, 3.8) is 0 Å². The van der Waals surface area contributed by atoms with Gasteiger partial charge >= 0.3 is 0 Å². The Labute approximate surface area is 100 Å². The van der Waals surface area contributed by atoms with Crippen LogP contribution in [0.1, 0.15) is 0 Å². The lowest BCUT2D eigenvalue weighted by Crippen LogP contribution is -2.08. The van der Waals surface area contributed by atoms with Gasteiger partial charge in [-0.3, -0.25) is 0 Å². The van der Waals surface area contributed by atoms with Gasteiger partial charge < -0.3 is 16.0 Å². The van der Waals surface area contributed by atoms with Gasteiger partial charge in [0, 0.05) is 31.7 Å². The minimum Gasteiger partial charge on any atom is -0.384 e. The molecule has 3 N–H and O–H groups in total. The van der Waals surface area contributed by atoms with Gasteiger partial charge in [0.2, 0.25) is 5.95 Å². The molecule has 0 spiro atoms. The molecule has 0 amide bonds. The molecule has 0 aliphatic carbocycles. The highest BCUT2D eigenvalue weighted by Crippen LogP contribution is 2.19. The summed E-state index contributed by atoms with van der Waals surface area (Å²) in [4.78, 5) is 10.2. The van der Waals surface area contributed by atoms with E-state index in [-0.39, 0.29) is 0 Å². The average molecular weight is 229 g/mol. The number of nitrogen functional groups attached to an aromatic ring is 1. The van der Waals surface area contributed by atoms with Crippen LogP contribution in [0.4, 0.5) is 23.1 Å². The predicted octanol–water partition coefficient (Wildman–Crippen LogP) is 1.87. The van der Waals surface area contributed by atoms with E-state index in [1.165, 1.54) is 0 Å². The second-order valence-electron chi connectivity index (χ2n) is 3.87. The lowest BCUT2D eigenvalue weighted by atomic mass is 10.2. The molecule has 0 radical (unpaired) electrons. The summed E-state index contributed by atoms with van der Waals surface area (Å²) in [5, 5.41) is 3.11. The van der Waals surface area contributed by atoms with Crippen LogP contribution < -0.4 is 16.0 Å². The van der Waals surface area contributed by atoms with Gasteiger partial charge in [-0.05, 0) is 24.3 Å². The highest BCUT2D eigenvalue weighted by atomic mass is 15.1. The average Bonchev–Trinajstić information content (AvgIpc) is 2.29. The van der Waals surface area contributed by atoms with Crippen LogP contribution in [-0.4, -0.2) is 24.1 Å². The van der Waals surface area contributed by atoms with Crippen molar-refractivity contribution >= 4 is 23.1 Å². The molecule has 88 valence electrons. The third-order valence-corrected chi connectivity index (χ3v) is 2.30. The summed E-state index contributed by atoms with van der Waals surface area (Å²) < 4.78 is 0. The van der Waals surface area contributed by atoms with Gasteiger partial charge in [0.05, 0.1) is 0 Å². The van der Waals surface area contributed by atoms with E-state index in [0.717, 1.165) is 11.4 Å². The fourth-order valence-electron chi connectivity index (χ4n) is 1.42. The zero-order valence-electron chi connectivity index (χ0n) is 9.88. The maximum absolute atomic E-state index is 5.59. The van der Waals surface area contributed by atoms with E-state index in [1.807, 2.05) is 43.3 Å². The first kappa shape index (κ1) is 11.2. The van der Waals surface area contributed by atoms with E-state index in [4.69, 9.17) is 5.73 Å². The Morgan fingerprint density at radius 3 is 2.76 bits per heavy atom. The Kier molecular flexibility index (Phi) is 3.09. The number of benzene rings is 1. The smallest absolute Gasteiger partial charge is 0.229 e. The number of nitrogens with two attached hydrogens (primary N) is 1. The third kappa shape index (κ3) is 2.84. The first-order valence-electron chi connectivity index (χ1n) is 5.28. The first-order chi connectivity index (χ1) is 8.15. The highest BCUT2D eigenvalue weighted by Gasteiger charge is 2.00. The zero-order valence-corrected chi connectivity index (χ0v) is 9.88. The molecule has 2 rings (SSSR count). The van der Waals surface area contributed by atoms with Crippen molar-refractivity contribution in [1.82, 2.24) is 9.97 Å². The fourth-order valence-corrected chi connectivity index (χ4v) is 1.42. The van der Waals surface area contributed by atoms with Crippen LogP contribution in [0.2, 0.25) is 0 Å². The van der Waals surface area contributed by atoms with E-state index < -0.39 is 0 Å². The minimum atomic E-state index is 0.450. The lowest BCUT2D eigenvalue weighted by Gasteiger charge is -2.13. The van der Waals surface area contributed by atoms with Crippen molar-refractivity contribution in [3.05, 3.63) is 36.5 Å². The molecule has 0 fully saturated rings. The van der Waals surface area contributed by atoms with Gasteiger partial charge in [0.15, 0.2) is 0 Å². The Balaban J connectivity index is 2.21. The summed E-state index contributed by atoms with van der Waals surface area (Å²) in [5.74, 6) is 0.951. The molecule has 5 heteroatoms. The van der Waals surface area contributed by atoms with Gasteiger partial charge in [-0.2, -0.15) is 4.98 Å². The molecular formula is C12H15N5. The SMILES string of the molecule is CN(C)c1cccc(Nc2nccc(N)n2)c1. The topological polar surface area (TPSA) is 67.1 Å². The normalized spacial score (nSPS) is 10.0. The quantitative estimate of drug-likeness (QED) is 0.841.